The van der Waals surface area contributed by atoms with Gasteiger partial charge in [0.25, 0.3) is 0 Å². The summed E-state index contributed by atoms with van der Waals surface area (Å²) in [5, 5.41) is 2.94. The van der Waals surface area contributed by atoms with Gasteiger partial charge in [-0.05, 0) is 36.5 Å². The molecule has 0 unspecified atom stereocenters. The van der Waals surface area contributed by atoms with E-state index in [2.05, 4.69) is 10.3 Å². The van der Waals surface area contributed by atoms with Gasteiger partial charge in [0.05, 0.1) is 0 Å². The highest BCUT2D eigenvalue weighted by Crippen LogP contribution is 2.18. The van der Waals surface area contributed by atoms with Crippen molar-refractivity contribution >= 4 is 5.91 Å². The molecular formula is C13H18N2O2. The molecule has 0 radical (unpaired) electrons. The molecule has 0 aliphatic carbocycles. The molecule has 4 nitrogen and oxygen atoms in total. The molecule has 17 heavy (non-hydrogen) atoms. The van der Waals surface area contributed by atoms with Crippen LogP contribution in [-0.2, 0) is 16.1 Å². The first-order chi connectivity index (χ1) is 8.34. The maximum atomic E-state index is 11.7. The normalized spacial score (nSPS) is 16.7. The maximum absolute atomic E-state index is 11.7. The van der Waals surface area contributed by atoms with Crippen molar-refractivity contribution < 1.29 is 9.53 Å². The standard InChI is InChI=1S/C13H18N2O2/c16-13(9-11-3-7-17-8-4-11)15-10-12-1-5-14-6-2-12/h1-2,5-6,11H,3-4,7-10H2,(H,15,16). The van der Waals surface area contributed by atoms with E-state index in [9.17, 15) is 4.79 Å². The Hall–Kier alpha value is -1.42. The minimum Gasteiger partial charge on any atom is -0.381 e. The van der Waals surface area contributed by atoms with Crippen LogP contribution in [0.15, 0.2) is 24.5 Å². The molecule has 0 atom stereocenters. The van der Waals surface area contributed by atoms with Crippen molar-refractivity contribution in [3.05, 3.63) is 30.1 Å². The molecule has 0 bridgehead atoms. The SMILES string of the molecule is O=C(CC1CCOCC1)NCc1ccncc1. The summed E-state index contributed by atoms with van der Waals surface area (Å²) in [6, 6.07) is 3.82. The van der Waals surface area contributed by atoms with E-state index in [-0.39, 0.29) is 5.91 Å². The molecule has 0 spiro atoms. The molecule has 1 aromatic heterocycles. The molecule has 2 heterocycles. The second-order valence-corrected chi connectivity index (χ2v) is 4.39. The second kappa shape index (κ2) is 6.35. The lowest BCUT2D eigenvalue weighted by molar-refractivity contribution is -0.122. The first-order valence-corrected chi connectivity index (χ1v) is 6.08. The van der Waals surface area contributed by atoms with E-state index in [4.69, 9.17) is 4.74 Å². The van der Waals surface area contributed by atoms with Gasteiger partial charge in [-0.2, -0.15) is 0 Å². The molecule has 1 N–H and O–H groups in total. The van der Waals surface area contributed by atoms with Crippen LogP contribution in [0.3, 0.4) is 0 Å². The summed E-state index contributed by atoms with van der Waals surface area (Å²) in [4.78, 5) is 15.7. The second-order valence-electron chi connectivity index (χ2n) is 4.39. The van der Waals surface area contributed by atoms with E-state index < -0.39 is 0 Å². The quantitative estimate of drug-likeness (QED) is 0.859. The van der Waals surface area contributed by atoms with Gasteiger partial charge in [-0.25, -0.2) is 0 Å². The predicted octanol–water partition coefficient (Wildman–Crippen LogP) is 1.51. The molecule has 1 aromatic rings. The zero-order chi connectivity index (χ0) is 11.9. The van der Waals surface area contributed by atoms with Crippen molar-refractivity contribution in [1.29, 1.82) is 0 Å². The summed E-state index contributed by atoms with van der Waals surface area (Å²) in [7, 11) is 0. The van der Waals surface area contributed by atoms with E-state index >= 15 is 0 Å². The Morgan fingerprint density at radius 3 is 2.76 bits per heavy atom. The highest BCUT2D eigenvalue weighted by atomic mass is 16.5. The molecule has 1 saturated heterocycles. The minimum absolute atomic E-state index is 0.133. The Morgan fingerprint density at radius 2 is 2.06 bits per heavy atom. The number of rotatable bonds is 4. The first-order valence-electron chi connectivity index (χ1n) is 6.08. The lowest BCUT2D eigenvalue weighted by Gasteiger charge is -2.21. The summed E-state index contributed by atoms with van der Waals surface area (Å²) in [6.45, 7) is 2.18. The van der Waals surface area contributed by atoms with Crippen molar-refractivity contribution in [2.45, 2.75) is 25.8 Å². The van der Waals surface area contributed by atoms with Gasteiger partial charge in [0, 0.05) is 38.6 Å². The van der Waals surface area contributed by atoms with Crippen molar-refractivity contribution in [1.82, 2.24) is 10.3 Å². The summed E-state index contributed by atoms with van der Waals surface area (Å²) in [6.07, 6.45) is 6.10. The van der Waals surface area contributed by atoms with E-state index in [1.54, 1.807) is 12.4 Å². The number of carbonyl (C=O) groups excluding carboxylic acids is 1. The van der Waals surface area contributed by atoms with Crippen LogP contribution in [0.4, 0.5) is 0 Å². The Bertz CT molecular complexity index is 348. The highest BCUT2D eigenvalue weighted by Gasteiger charge is 2.16. The fourth-order valence-electron chi connectivity index (χ4n) is 1.99. The number of carbonyl (C=O) groups is 1. The van der Waals surface area contributed by atoms with Crippen molar-refractivity contribution in [2.75, 3.05) is 13.2 Å². The van der Waals surface area contributed by atoms with Gasteiger partial charge in [-0.15, -0.1) is 0 Å². The van der Waals surface area contributed by atoms with Crippen LogP contribution in [0.1, 0.15) is 24.8 Å². The van der Waals surface area contributed by atoms with E-state index in [1.165, 1.54) is 0 Å². The van der Waals surface area contributed by atoms with Gasteiger partial charge < -0.3 is 10.1 Å². The van der Waals surface area contributed by atoms with Gasteiger partial charge in [-0.3, -0.25) is 9.78 Å². The number of ether oxygens (including phenoxy) is 1. The Labute approximate surface area is 101 Å². The maximum Gasteiger partial charge on any atom is 0.220 e. The molecule has 2 rings (SSSR count). The molecule has 92 valence electrons. The van der Waals surface area contributed by atoms with E-state index in [0.717, 1.165) is 31.6 Å². The van der Waals surface area contributed by atoms with Gasteiger partial charge >= 0.3 is 0 Å². The van der Waals surface area contributed by atoms with E-state index in [0.29, 0.717) is 18.9 Å². The third-order valence-corrected chi connectivity index (χ3v) is 3.05. The van der Waals surface area contributed by atoms with E-state index in [1.807, 2.05) is 12.1 Å². The number of nitrogens with zero attached hydrogens (tertiary/aromatic N) is 1. The molecular weight excluding hydrogens is 216 g/mol. The topological polar surface area (TPSA) is 51.2 Å². The van der Waals surface area contributed by atoms with Crippen LogP contribution in [-0.4, -0.2) is 24.1 Å². The third kappa shape index (κ3) is 4.15. The molecule has 1 aliphatic rings. The van der Waals surface area contributed by atoms with Crippen LogP contribution in [0.25, 0.3) is 0 Å². The summed E-state index contributed by atoms with van der Waals surface area (Å²) in [5.74, 6) is 0.620. The average molecular weight is 234 g/mol. The first kappa shape index (κ1) is 12.0. The van der Waals surface area contributed by atoms with Crippen LogP contribution in [0.2, 0.25) is 0 Å². The summed E-state index contributed by atoms with van der Waals surface area (Å²) < 4.78 is 5.27. The van der Waals surface area contributed by atoms with Gasteiger partial charge in [0.2, 0.25) is 5.91 Å². The third-order valence-electron chi connectivity index (χ3n) is 3.05. The highest BCUT2D eigenvalue weighted by molar-refractivity contribution is 5.76. The number of amides is 1. The molecule has 1 amide bonds. The molecule has 1 aliphatic heterocycles. The van der Waals surface area contributed by atoms with Crippen LogP contribution >= 0.6 is 0 Å². The summed E-state index contributed by atoms with van der Waals surface area (Å²) >= 11 is 0. The molecule has 0 saturated carbocycles. The monoisotopic (exact) mass is 234 g/mol. The number of pyridine rings is 1. The van der Waals surface area contributed by atoms with Crippen LogP contribution in [0.5, 0.6) is 0 Å². The number of aromatic nitrogens is 1. The fourth-order valence-corrected chi connectivity index (χ4v) is 1.99. The summed E-state index contributed by atoms with van der Waals surface area (Å²) in [5.41, 5.74) is 1.08. The number of hydrogen-bond acceptors (Lipinski definition) is 3. The van der Waals surface area contributed by atoms with Crippen molar-refractivity contribution in [3.8, 4) is 0 Å². The fraction of sp³-hybridized carbons (Fsp3) is 0.538. The lowest BCUT2D eigenvalue weighted by Crippen LogP contribution is -2.27. The Balaban J connectivity index is 1.70. The van der Waals surface area contributed by atoms with Crippen molar-refractivity contribution in [2.24, 2.45) is 5.92 Å². The number of nitrogens with one attached hydrogen (secondary N) is 1. The lowest BCUT2D eigenvalue weighted by atomic mass is 9.96. The smallest absolute Gasteiger partial charge is 0.220 e. The molecule has 1 fully saturated rings. The largest absolute Gasteiger partial charge is 0.381 e. The van der Waals surface area contributed by atoms with Gasteiger partial charge in [0.1, 0.15) is 0 Å². The minimum atomic E-state index is 0.133. The van der Waals surface area contributed by atoms with Gasteiger partial charge in [-0.1, -0.05) is 0 Å². The van der Waals surface area contributed by atoms with Crippen LogP contribution in [0, 0.1) is 5.92 Å². The van der Waals surface area contributed by atoms with Crippen molar-refractivity contribution in [3.63, 3.8) is 0 Å². The van der Waals surface area contributed by atoms with Gasteiger partial charge in [0.15, 0.2) is 0 Å². The van der Waals surface area contributed by atoms with Crippen LogP contribution < -0.4 is 5.32 Å². The number of hydrogen-bond donors (Lipinski definition) is 1. The molecule has 0 aromatic carbocycles. The average Bonchev–Trinajstić information content (AvgIpc) is 2.39. The Kier molecular flexibility index (Phi) is 4.50. The molecule has 4 heteroatoms. The zero-order valence-electron chi connectivity index (χ0n) is 9.89. The Morgan fingerprint density at radius 1 is 1.35 bits per heavy atom. The zero-order valence-corrected chi connectivity index (χ0v) is 9.89. The predicted molar refractivity (Wildman–Crippen MR) is 64.2 cm³/mol.